The van der Waals surface area contributed by atoms with Gasteiger partial charge in [0.1, 0.15) is 5.75 Å². The summed E-state index contributed by atoms with van der Waals surface area (Å²) in [6.07, 6.45) is 2.47. The van der Waals surface area contributed by atoms with Gasteiger partial charge in [-0.25, -0.2) is 0 Å². The molecule has 1 aromatic heterocycles. The third-order valence-electron chi connectivity index (χ3n) is 1.94. The molecule has 18 heavy (non-hydrogen) atoms. The van der Waals surface area contributed by atoms with Crippen LogP contribution in [-0.4, -0.2) is 15.0 Å². The summed E-state index contributed by atoms with van der Waals surface area (Å²) in [5.41, 5.74) is -0.233. The Labute approximate surface area is 104 Å². The zero-order valence-corrected chi connectivity index (χ0v) is 10.6. The Kier molecular flexibility index (Phi) is 6.12. The SMILES string of the molecule is C=Cc1[nH]c(=O)cc(O)c1/C=C(\C)[N+](=O)[O-].CC. The van der Waals surface area contributed by atoms with Crippen LogP contribution >= 0.6 is 0 Å². The van der Waals surface area contributed by atoms with Crippen LogP contribution in [0, 0.1) is 10.1 Å². The van der Waals surface area contributed by atoms with Gasteiger partial charge in [0, 0.05) is 24.6 Å². The Morgan fingerprint density at radius 3 is 2.56 bits per heavy atom. The molecule has 2 N–H and O–H groups in total. The zero-order valence-electron chi connectivity index (χ0n) is 10.6. The number of nitro groups is 1. The minimum absolute atomic E-state index is 0.148. The lowest BCUT2D eigenvalue weighted by Gasteiger charge is -2.02. The van der Waals surface area contributed by atoms with Crippen molar-refractivity contribution in [1.29, 1.82) is 0 Å². The van der Waals surface area contributed by atoms with E-state index in [1.54, 1.807) is 0 Å². The minimum Gasteiger partial charge on any atom is -0.507 e. The first-order valence-corrected chi connectivity index (χ1v) is 5.37. The topological polar surface area (TPSA) is 96.2 Å². The van der Waals surface area contributed by atoms with Crippen molar-refractivity contribution in [3.8, 4) is 5.75 Å². The molecule has 1 heterocycles. The number of aromatic amines is 1. The number of hydrogen-bond acceptors (Lipinski definition) is 4. The second-order valence-electron chi connectivity index (χ2n) is 3.09. The number of H-pyrrole nitrogens is 1. The standard InChI is InChI=1S/C10H10N2O4.C2H6/c1-3-8-7(4-6(2)12(15)16)9(13)5-10(14)11-8;1-2/h3-5H,1H2,2H3,(H2,11,13,14);1-2H3/b6-4+;. The van der Waals surface area contributed by atoms with Gasteiger partial charge >= 0.3 is 0 Å². The first-order valence-electron chi connectivity index (χ1n) is 5.37. The van der Waals surface area contributed by atoms with Crippen LogP contribution in [-0.2, 0) is 0 Å². The monoisotopic (exact) mass is 252 g/mol. The number of hydrogen-bond donors (Lipinski definition) is 2. The molecule has 0 aliphatic carbocycles. The molecule has 0 unspecified atom stereocenters. The van der Waals surface area contributed by atoms with E-state index in [1.807, 2.05) is 13.8 Å². The Hall–Kier alpha value is -2.37. The molecule has 0 amide bonds. The van der Waals surface area contributed by atoms with Crippen LogP contribution in [0.25, 0.3) is 12.2 Å². The van der Waals surface area contributed by atoms with Crippen LogP contribution < -0.4 is 5.56 Å². The molecule has 0 radical (unpaired) electrons. The molecule has 0 atom stereocenters. The summed E-state index contributed by atoms with van der Waals surface area (Å²) in [5, 5.41) is 19.9. The third kappa shape index (κ3) is 3.89. The van der Waals surface area contributed by atoms with E-state index in [2.05, 4.69) is 11.6 Å². The molecule has 0 aliphatic rings. The number of aromatic hydroxyl groups is 1. The second-order valence-corrected chi connectivity index (χ2v) is 3.09. The van der Waals surface area contributed by atoms with Crippen molar-refractivity contribution >= 4 is 12.2 Å². The summed E-state index contributed by atoms with van der Waals surface area (Å²) in [6, 6.07) is 0.950. The Morgan fingerprint density at radius 1 is 1.56 bits per heavy atom. The highest BCUT2D eigenvalue weighted by molar-refractivity contribution is 5.67. The van der Waals surface area contributed by atoms with Crippen LogP contribution in [0.3, 0.4) is 0 Å². The number of nitrogens with zero attached hydrogens (tertiary/aromatic N) is 1. The van der Waals surface area contributed by atoms with E-state index < -0.39 is 10.5 Å². The van der Waals surface area contributed by atoms with Crippen molar-refractivity contribution in [1.82, 2.24) is 4.98 Å². The van der Waals surface area contributed by atoms with E-state index in [1.165, 1.54) is 19.1 Å². The summed E-state index contributed by atoms with van der Waals surface area (Å²) >= 11 is 0. The Bertz CT molecular complexity index is 529. The molecule has 0 aliphatic heterocycles. The fourth-order valence-electron chi connectivity index (χ4n) is 1.15. The predicted octanol–water partition coefficient (Wildman–Crippen LogP) is 2.39. The van der Waals surface area contributed by atoms with Gasteiger partial charge in [-0.05, 0) is 6.08 Å². The molecule has 1 rings (SSSR count). The Morgan fingerprint density at radius 2 is 2.11 bits per heavy atom. The van der Waals surface area contributed by atoms with Gasteiger partial charge in [0.25, 0.3) is 5.56 Å². The minimum atomic E-state index is -0.586. The summed E-state index contributed by atoms with van der Waals surface area (Å²) in [4.78, 5) is 23.3. The van der Waals surface area contributed by atoms with Gasteiger partial charge in [-0.15, -0.1) is 0 Å². The maximum Gasteiger partial charge on any atom is 0.252 e. The van der Waals surface area contributed by atoms with Crippen molar-refractivity contribution in [2.24, 2.45) is 0 Å². The van der Waals surface area contributed by atoms with Crippen LogP contribution in [0.15, 0.2) is 23.1 Å². The number of nitrogens with one attached hydrogen (secondary N) is 1. The average Bonchev–Trinajstić information content (AvgIpc) is 2.34. The lowest BCUT2D eigenvalue weighted by atomic mass is 10.1. The normalized spacial score (nSPS) is 10.3. The molecule has 0 fully saturated rings. The molecule has 6 nitrogen and oxygen atoms in total. The quantitative estimate of drug-likeness (QED) is 0.637. The van der Waals surface area contributed by atoms with E-state index in [0.29, 0.717) is 0 Å². The molecular weight excluding hydrogens is 236 g/mol. The largest absolute Gasteiger partial charge is 0.507 e. The number of allylic oxidation sites excluding steroid dienone is 1. The molecule has 0 bridgehead atoms. The summed E-state index contributed by atoms with van der Waals surface area (Å²) in [5.74, 6) is -0.320. The number of pyridine rings is 1. The van der Waals surface area contributed by atoms with Gasteiger partial charge in [0.2, 0.25) is 5.70 Å². The fraction of sp³-hybridized carbons (Fsp3) is 0.250. The highest BCUT2D eigenvalue weighted by Gasteiger charge is 2.10. The highest BCUT2D eigenvalue weighted by atomic mass is 16.6. The van der Waals surface area contributed by atoms with E-state index in [-0.39, 0.29) is 22.7 Å². The van der Waals surface area contributed by atoms with Gasteiger partial charge in [-0.2, -0.15) is 0 Å². The first-order chi connectivity index (χ1) is 8.45. The molecule has 98 valence electrons. The van der Waals surface area contributed by atoms with Crippen molar-refractivity contribution in [2.45, 2.75) is 20.8 Å². The lowest BCUT2D eigenvalue weighted by molar-refractivity contribution is -0.422. The maximum absolute atomic E-state index is 11.0. The molecule has 6 heteroatoms. The van der Waals surface area contributed by atoms with Crippen molar-refractivity contribution in [3.63, 3.8) is 0 Å². The molecule has 1 aromatic rings. The lowest BCUT2D eigenvalue weighted by Crippen LogP contribution is -2.07. The summed E-state index contributed by atoms with van der Waals surface area (Å²) in [7, 11) is 0. The fourth-order valence-corrected chi connectivity index (χ4v) is 1.15. The van der Waals surface area contributed by atoms with Crippen LogP contribution in [0.2, 0.25) is 0 Å². The van der Waals surface area contributed by atoms with Crippen molar-refractivity contribution in [2.75, 3.05) is 0 Å². The average molecular weight is 252 g/mol. The molecule has 0 aromatic carbocycles. The number of aromatic nitrogens is 1. The predicted molar refractivity (Wildman–Crippen MR) is 70.8 cm³/mol. The van der Waals surface area contributed by atoms with Gasteiger partial charge in [-0.1, -0.05) is 20.4 Å². The smallest absolute Gasteiger partial charge is 0.252 e. The molecule has 0 saturated heterocycles. The zero-order chi connectivity index (χ0) is 14.3. The molecule has 0 spiro atoms. The van der Waals surface area contributed by atoms with Gasteiger partial charge in [-0.3, -0.25) is 14.9 Å². The van der Waals surface area contributed by atoms with Gasteiger partial charge in [0.05, 0.1) is 10.6 Å². The summed E-state index contributed by atoms with van der Waals surface area (Å²) in [6.45, 7) is 8.73. The highest BCUT2D eigenvalue weighted by Crippen LogP contribution is 2.21. The number of rotatable bonds is 3. The summed E-state index contributed by atoms with van der Waals surface area (Å²) < 4.78 is 0. The maximum atomic E-state index is 11.0. The van der Waals surface area contributed by atoms with Crippen LogP contribution in [0.1, 0.15) is 32.0 Å². The van der Waals surface area contributed by atoms with Crippen molar-refractivity contribution in [3.05, 3.63) is 50.1 Å². The molecule has 0 saturated carbocycles. The van der Waals surface area contributed by atoms with Gasteiger partial charge < -0.3 is 10.1 Å². The van der Waals surface area contributed by atoms with E-state index in [4.69, 9.17) is 0 Å². The Balaban J connectivity index is 0.00000137. The van der Waals surface area contributed by atoms with E-state index in [9.17, 15) is 20.0 Å². The first kappa shape index (κ1) is 15.6. The molecular formula is C12H16N2O4. The van der Waals surface area contributed by atoms with Gasteiger partial charge in [0.15, 0.2) is 0 Å². The van der Waals surface area contributed by atoms with Crippen LogP contribution in [0.5, 0.6) is 5.75 Å². The van der Waals surface area contributed by atoms with E-state index >= 15 is 0 Å². The third-order valence-corrected chi connectivity index (χ3v) is 1.94. The van der Waals surface area contributed by atoms with Crippen molar-refractivity contribution < 1.29 is 10.0 Å². The van der Waals surface area contributed by atoms with E-state index in [0.717, 1.165) is 6.07 Å². The van der Waals surface area contributed by atoms with Crippen LogP contribution in [0.4, 0.5) is 0 Å². The second kappa shape index (κ2) is 7.05.